The molecule has 0 saturated heterocycles. The van der Waals surface area contributed by atoms with E-state index >= 15 is 0 Å². The number of hydrogen-bond acceptors (Lipinski definition) is 3. The molecule has 25 heavy (non-hydrogen) atoms. The molecule has 0 heterocycles. The van der Waals surface area contributed by atoms with Gasteiger partial charge in [0.2, 0.25) is 0 Å². The average molecular weight is 360 g/mol. The Morgan fingerprint density at radius 2 is 1.56 bits per heavy atom. The van der Waals surface area contributed by atoms with Gasteiger partial charge in [-0.2, -0.15) is 0 Å². The number of anilines is 1. The zero-order chi connectivity index (χ0) is 16.9. The Morgan fingerprint density at radius 1 is 0.960 bits per heavy atom. The van der Waals surface area contributed by atoms with Gasteiger partial charge in [-0.3, -0.25) is 9.59 Å². The molecule has 3 rings (SSSR count). The van der Waals surface area contributed by atoms with Crippen molar-refractivity contribution in [1.82, 2.24) is 5.32 Å². The lowest BCUT2D eigenvalue weighted by Crippen LogP contribution is -2.38. The minimum Gasteiger partial charge on any atom is -0.350 e. The summed E-state index contributed by atoms with van der Waals surface area (Å²) in [6.07, 6.45) is 2.32. The Hall–Kier alpha value is -2.37. The third-order valence-electron chi connectivity index (χ3n) is 4.17. The van der Waals surface area contributed by atoms with Crippen LogP contribution in [0.5, 0.6) is 0 Å². The van der Waals surface area contributed by atoms with Gasteiger partial charge in [0.15, 0.2) is 0 Å². The van der Waals surface area contributed by atoms with Crippen molar-refractivity contribution >= 4 is 29.9 Å². The van der Waals surface area contributed by atoms with Crippen LogP contribution in [0.3, 0.4) is 0 Å². The molecule has 1 aliphatic rings. The fraction of sp³-hybridized carbons (Fsp3) is 0.263. The normalized spacial score (nSPS) is 14.1. The van der Waals surface area contributed by atoms with E-state index in [4.69, 9.17) is 5.73 Å². The van der Waals surface area contributed by atoms with Crippen LogP contribution in [0.4, 0.5) is 5.69 Å². The number of carbonyl (C=O) groups excluding carboxylic acids is 2. The van der Waals surface area contributed by atoms with E-state index in [2.05, 4.69) is 10.6 Å². The molecule has 2 aromatic carbocycles. The van der Waals surface area contributed by atoms with Crippen LogP contribution in [0, 0.1) is 5.92 Å². The zero-order valence-corrected chi connectivity index (χ0v) is 14.6. The van der Waals surface area contributed by atoms with E-state index in [1.165, 1.54) is 0 Å². The molecule has 2 aromatic rings. The number of nitrogens with one attached hydrogen (secondary N) is 2. The van der Waals surface area contributed by atoms with Gasteiger partial charge in [0, 0.05) is 29.4 Å². The molecule has 1 aliphatic carbocycles. The molecule has 4 N–H and O–H groups in total. The number of hydrogen-bond donors (Lipinski definition) is 3. The second-order valence-electron chi connectivity index (χ2n) is 6.11. The highest BCUT2D eigenvalue weighted by atomic mass is 35.5. The predicted molar refractivity (Wildman–Crippen MR) is 101 cm³/mol. The summed E-state index contributed by atoms with van der Waals surface area (Å²) in [5.74, 6) is 0.233. The van der Waals surface area contributed by atoms with Crippen LogP contribution >= 0.6 is 12.4 Å². The van der Waals surface area contributed by atoms with Crippen LogP contribution in [-0.2, 0) is 0 Å². The van der Waals surface area contributed by atoms with Crippen molar-refractivity contribution in [3.8, 4) is 0 Å². The highest BCUT2D eigenvalue weighted by molar-refractivity contribution is 6.04. The van der Waals surface area contributed by atoms with E-state index in [0.29, 0.717) is 29.3 Å². The maximum absolute atomic E-state index is 12.1. The number of benzene rings is 2. The summed E-state index contributed by atoms with van der Waals surface area (Å²) in [4.78, 5) is 24.2. The fourth-order valence-corrected chi connectivity index (χ4v) is 2.50. The van der Waals surface area contributed by atoms with Gasteiger partial charge < -0.3 is 16.4 Å². The lowest BCUT2D eigenvalue weighted by atomic mass is 10.1. The smallest absolute Gasteiger partial charge is 0.255 e. The first-order chi connectivity index (χ1) is 11.6. The molecule has 132 valence electrons. The van der Waals surface area contributed by atoms with Crippen LogP contribution < -0.4 is 16.4 Å². The first-order valence-corrected chi connectivity index (χ1v) is 8.14. The largest absolute Gasteiger partial charge is 0.350 e. The van der Waals surface area contributed by atoms with Crippen molar-refractivity contribution in [3.63, 3.8) is 0 Å². The van der Waals surface area contributed by atoms with E-state index in [0.717, 1.165) is 12.8 Å². The first-order valence-electron chi connectivity index (χ1n) is 8.14. The molecule has 0 radical (unpaired) electrons. The minimum absolute atomic E-state index is 0. The Bertz CT molecular complexity index is 715. The third-order valence-corrected chi connectivity index (χ3v) is 4.17. The van der Waals surface area contributed by atoms with Gasteiger partial charge in [-0.25, -0.2) is 0 Å². The Labute approximate surface area is 153 Å². The molecule has 0 aliphatic heterocycles. The highest BCUT2D eigenvalue weighted by Gasteiger charge is 2.28. The molecule has 0 aromatic heterocycles. The Kier molecular flexibility index (Phi) is 6.56. The lowest BCUT2D eigenvalue weighted by Gasteiger charge is -2.12. The summed E-state index contributed by atoms with van der Waals surface area (Å²) in [6.45, 7) is 0.496. The SMILES string of the molecule is Cl.NC(CNC(=O)c1ccc(NC(=O)c2ccccc2)cc1)C1CC1. The number of carbonyl (C=O) groups is 2. The first kappa shape index (κ1) is 19.0. The summed E-state index contributed by atoms with van der Waals surface area (Å²) in [7, 11) is 0. The summed E-state index contributed by atoms with van der Waals surface area (Å²) < 4.78 is 0. The monoisotopic (exact) mass is 359 g/mol. The van der Waals surface area contributed by atoms with Crippen molar-refractivity contribution in [2.45, 2.75) is 18.9 Å². The Morgan fingerprint density at radius 3 is 2.16 bits per heavy atom. The van der Waals surface area contributed by atoms with Crippen molar-refractivity contribution in [3.05, 3.63) is 65.7 Å². The Balaban J connectivity index is 0.00000225. The molecule has 1 saturated carbocycles. The van der Waals surface area contributed by atoms with Crippen molar-refractivity contribution in [2.75, 3.05) is 11.9 Å². The number of halogens is 1. The van der Waals surface area contributed by atoms with Crippen LogP contribution in [0.25, 0.3) is 0 Å². The van der Waals surface area contributed by atoms with Gasteiger partial charge in [0.1, 0.15) is 0 Å². The molecule has 6 heteroatoms. The van der Waals surface area contributed by atoms with Gasteiger partial charge in [0.25, 0.3) is 11.8 Å². The maximum atomic E-state index is 12.1. The highest BCUT2D eigenvalue weighted by Crippen LogP contribution is 2.31. The summed E-state index contributed by atoms with van der Waals surface area (Å²) in [6, 6.07) is 15.9. The quantitative estimate of drug-likeness (QED) is 0.741. The molecular weight excluding hydrogens is 338 g/mol. The van der Waals surface area contributed by atoms with E-state index in [9.17, 15) is 9.59 Å². The lowest BCUT2D eigenvalue weighted by molar-refractivity contribution is 0.0949. The molecule has 0 spiro atoms. The van der Waals surface area contributed by atoms with Crippen LogP contribution in [-0.4, -0.2) is 24.4 Å². The zero-order valence-electron chi connectivity index (χ0n) is 13.8. The van der Waals surface area contributed by atoms with Crippen molar-refractivity contribution < 1.29 is 9.59 Å². The van der Waals surface area contributed by atoms with E-state index in [-0.39, 0.29) is 30.3 Å². The molecule has 1 unspecified atom stereocenters. The standard InChI is InChI=1S/C19H21N3O2.ClH/c20-17(13-6-7-13)12-21-18(23)15-8-10-16(11-9-15)22-19(24)14-4-2-1-3-5-14;/h1-5,8-11,13,17H,6-7,12,20H2,(H,21,23)(H,22,24);1H. The van der Waals surface area contributed by atoms with Crippen LogP contribution in [0.1, 0.15) is 33.6 Å². The molecule has 1 fully saturated rings. The number of nitrogens with two attached hydrogens (primary N) is 1. The molecule has 2 amide bonds. The van der Waals surface area contributed by atoms with Gasteiger partial charge in [-0.05, 0) is 55.2 Å². The van der Waals surface area contributed by atoms with Gasteiger partial charge in [-0.1, -0.05) is 18.2 Å². The van der Waals surface area contributed by atoms with Crippen molar-refractivity contribution in [2.24, 2.45) is 11.7 Å². The van der Waals surface area contributed by atoms with Crippen molar-refractivity contribution in [1.29, 1.82) is 0 Å². The summed E-state index contributed by atoms with van der Waals surface area (Å²) in [5, 5.41) is 5.66. The van der Waals surface area contributed by atoms with E-state index < -0.39 is 0 Å². The van der Waals surface area contributed by atoms with Gasteiger partial charge in [0.05, 0.1) is 0 Å². The van der Waals surface area contributed by atoms with E-state index in [1.807, 2.05) is 18.2 Å². The second-order valence-corrected chi connectivity index (χ2v) is 6.11. The molecule has 1 atom stereocenters. The van der Waals surface area contributed by atoms with Crippen LogP contribution in [0.2, 0.25) is 0 Å². The van der Waals surface area contributed by atoms with Gasteiger partial charge >= 0.3 is 0 Å². The predicted octanol–water partition coefficient (Wildman–Crippen LogP) is 2.83. The van der Waals surface area contributed by atoms with Gasteiger partial charge in [-0.15, -0.1) is 12.4 Å². The van der Waals surface area contributed by atoms with E-state index in [1.54, 1.807) is 36.4 Å². The number of rotatable bonds is 6. The molecule has 5 nitrogen and oxygen atoms in total. The molecular formula is C19H22ClN3O2. The second kappa shape index (κ2) is 8.65. The maximum Gasteiger partial charge on any atom is 0.255 e. The third kappa shape index (κ3) is 5.31. The number of amides is 2. The molecule has 0 bridgehead atoms. The average Bonchev–Trinajstić information content (AvgIpc) is 3.46. The fourth-order valence-electron chi connectivity index (χ4n) is 2.50. The topological polar surface area (TPSA) is 84.2 Å². The van der Waals surface area contributed by atoms with Crippen LogP contribution in [0.15, 0.2) is 54.6 Å². The summed E-state index contributed by atoms with van der Waals surface area (Å²) in [5.41, 5.74) is 7.77. The summed E-state index contributed by atoms with van der Waals surface area (Å²) >= 11 is 0. The minimum atomic E-state index is -0.178.